The van der Waals surface area contributed by atoms with Crippen LogP contribution in [0.15, 0.2) is 47.1 Å². The maximum atomic E-state index is 13.6. The fourth-order valence-corrected chi connectivity index (χ4v) is 3.62. The number of phenols is 1. The Morgan fingerprint density at radius 2 is 1.81 bits per heavy atom. The molecule has 0 saturated carbocycles. The van der Waals surface area contributed by atoms with Crippen LogP contribution in [-0.2, 0) is 9.59 Å². The molecule has 0 aliphatic carbocycles. The molecule has 0 spiro atoms. The fraction of sp³-hybridized carbons (Fsp3) is 0.211. The number of hydrogen-bond acceptors (Lipinski definition) is 7. The summed E-state index contributed by atoms with van der Waals surface area (Å²) >= 11 is 0.835. The number of imide groups is 1. The van der Waals surface area contributed by atoms with Crippen LogP contribution in [0.5, 0.6) is 5.75 Å². The van der Waals surface area contributed by atoms with Crippen molar-refractivity contribution in [1.29, 1.82) is 0 Å². The number of alkyl halides is 3. The largest absolute Gasteiger partial charge is 0.505 e. The lowest BCUT2D eigenvalue weighted by molar-refractivity contribution is -0.155. The zero-order chi connectivity index (χ0) is 22.9. The van der Waals surface area contributed by atoms with E-state index >= 15 is 0 Å². The number of anilines is 1. The second-order valence-corrected chi connectivity index (χ2v) is 7.67. The highest BCUT2D eigenvalue weighted by Crippen LogP contribution is 2.37. The SMILES string of the molecule is CN(C)C(=O)c1cccc(NC2=C(NC(c3cccs3)C(F)(F)F)C(=O)NC2=O)c1O. The average Bonchev–Trinajstić information content (AvgIpc) is 3.28. The van der Waals surface area contributed by atoms with Crippen LogP contribution in [0.1, 0.15) is 21.3 Å². The van der Waals surface area contributed by atoms with Crippen molar-refractivity contribution in [3.8, 4) is 5.75 Å². The molecule has 31 heavy (non-hydrogen) atoms. The van der Waals surface area contributed by atoms with Crippen molar-refractivity contribution in [2.24, 2.45) is 0 Å². The van der Waals surface area contributed by atoms with Crippen LogP contribution in [0.4, 0.5) is 18.9 Å². The molecule has 0 fully saturated rings. The molecule has 1 aromatic carbocycles. The first-order valence-electron chi connectivity index (χ1n) is 8.78. The quantitative estimate of drug-likeness (QED) is 0.394. The van der Waals surface area contributed by atoms with Gasteiger partial charge in [-0.1, -0.05) is 12.1 Å². The minimum absolute atomic E-state index is 0.0957. The highest BCUT2D eigenvalue weighted by Gasteiger charge is 2.44. The van der Waals surface area contributed by atoms with E-state index in [0.29, 0.717) is 0 Å². The summed E-state index contributed by atoms with van der Waals surface area (Å²) in [5.74, 6) is -3.09. The molecule has 1 atom stereocenters. The smallest absolute Gasteiger partial charge is 0.413 e. The lowest BCUT2D eigenvalue weighted by atomic mass is 10.1. The number of carbonyl (C=O) groups is 3. The minimum atomic E-state index is -4.75. The van der Waals surface area contributed by atoms with Gasteiger partial charge in [-0.15, -0.1) is 11.3 Å². The van der Waals surface area contributed by atoms with E-state index < -0.39 is 47.1 Å². The Hall–Kier alpha value is -3.54. The highest BCUT2D eigenvalue weighted by atomic mass is 32.1. The van der Waals surface area contributed by atoms with Gasteiger partial charge >= 0.3 is 6.18 Å². The van der Waals surface area contributed by atoms with Crippen LogP contribution < -0.4 is 16.0 Å². The topological polar surface area (TPSA) is 111 Å². The minimum Gasteiger partial charge on any atom is -0.505 e. The van der Waals surface area contributed by atoms with Gasteiger partial charge in [0, 0.05) is 19.0 Å². The fourth-order valence-electron chi connectivity index (χ4n) is 2.82. The van der Waals surface area contributed by atoms with Crippen LogP contribution in [-0.4, -0.2) is 48.0 Å². The number of amides is 3. The number of nitrogens with one attached hydrogen (secondary N) is 3. The maximum Gasteiger partial charge on any atom is 0.413 e. The van der Waals surface area contributed by atoms with Crippen molar-refractivity contribution in [3.05, 3.63) is 57.5 Å². The number of phenolic OH excluding ortho intramolecular Hbond substituents is 1. The number of rotatable bonds is 6. The van der Waals surface area contributed by atoms with Gasteiger partial charge in [-0.2, -0.15) is 13.2 Å². The zero-order valence-electron chi connectivity index (χ0n) is 16.2. The normalized spacial score (nSPS) is 15.0. The van der Waals surface area contributed by atoms with E-state index in [1.165, 1.54) is 54.7 Å². The number of hydrogen-bond donors (Lipinski definition) is 4. The molecule has 3 amide bonds. The Morgan fingerprint density at radius 1 is 1.13 bits per heavy atom. The third kappa shape index (κ3) is 4.48. The second kappa shape index (κ2) is 8.30. The van der Waals surface area contributed by atoms with Gasteiger partial charge in [-0.3, -0.25) is 19.7 Å². The first-order valence-corrected chi connectivity index (χ1v) is 9.66. The number of halogens is 3. The summed E-state index contributed by atoms with van der Waals surface area (Å²) in [6.45, 7) is 0. The Bertz CT molecular complexity index is 1060. The molecule has 8 nitrogen and oxygen atoms in total. The molecule has 1 unspecified atom stereocenters. The second-order valence-electron chi connectivity index (χ2n) is 6.69. The van der Waals surface area contributed by atoms with Gasteiger partial charge in [0.15, 0.2) is 11.8 Å². The summed E-state index contributed by atoms with van der Waals surface area (Å²) in [5.41, 5.74) is -1.38. The molecule has 12 heteroatoms. The van der Waals surface area contributed by atoms with E-state index in [4.69, 9.17) is 0 Å². The molecule has 164 valence electrons. The molecule has 2 heterocycles. The molecule has 1 aliphatic rings. The molecule has 2 aromatic rings. The summed E-state index contributed by atoms with van der Waals surface area (Å²) in [6.07, 6.45) is -4.75. The predicted molar refractivity (Wildman–Crippen MR) is 106 cm³/mol. The van der Waals surface area contributed by atoms with Gasteiger partial charge in [0.1, 0.15) is 11.4 Å². The van der Waals surface area contributed by atoms with Crippen molar-refractivity contribution in [1.82, 2.24) is 15.5 Å². The number of para-hydroxylation sites is 1. The Kier molecular flexibility index (Phi) is 5.93. The van der Waals surface area contributed by atoms with Crippen LogP contribution in [0, 0.1) is 0 Å². The van der Waals surface area contributed by atoms with Crippen molar-refractivity contribution in [2.45, 2.75) is 12.2 Å². The summed E-state index contributed by atoms with van der Waals surface area (Å²) in [7, 11) is 2.94. The zero-order valence-corrected chi connectivity index (χ0v) is 17.0. The lowest BCUT2D eigenvalue weighted by Crippen LogP contribution is -2.36. The van der Waals surface area contributed by atoms with E-state index in [1.807, 2.05) is 5.32 Å². The van der Waals surface area contributed by atoms with Crippen molar-refractivity contribution >= 4 is 34.7 Å². The van der Waals surface area contributed by atoms with Gasteiger partial charge in [0.25, 0.3) is 17.7 Å². The van der Waals surface area contributed by atoms with Crippen molar-refractivity contribution in [3.63, 3.8) is 0 Å². The average molecular weight is 454 g/mol. The predicted octanol–water partition coefficient (Wildman–Crippen LogP) is 2.33. The Balaban J connectivity index is 2.00. The summed E-state index contributed by atoms with van der Waals surface area (Å²) < 4.78 is 40.8. The number of thiophene rings is 1. The Labute approximate surface area is 178 Å². The molecule has 0 radical (unpaired) electrons. The standard InChI is InChI=1S/C19H17F3N4O4S/c1-26(2)18(30)9-5-3-6-10(14(9)27)23-12-13(17(29)25-16(12)28)24-15(19(20,21)22)11-7-4-8-31-11/h3-8,15,27H,1-2H3,(H3,23,24,25,28,29). The van der Waals surface area contributed by atoms with E-state index in [-0.39, 0.29) is 16.1 Å². The van der Waals surface area contributed by atoms with Gasteiger partial charge in [0.2, 0.25) is 0 Å². The first kappa shape index (κ1) is 22.2. The third-order valence-corrected chi connectivity index (χ3v) is 5.24. The molecule has 0 saturated heterocycles. The van der Waals surface area contributed by atoms with Gasteiger partial charge in [-0.25, -0.2) is 0 Å². The molecule has 1 aliphatic heterocycles. The highest BCUT2D eigenvalue weighted by molar-refractivity contribution is 7.10. The molecular weight excluding hydrogens is 437 g/mol. The van der Waals surface area contributed by atoms with Gasteiger partial charge < -0.3 is 20.6 Å². The summed E-state index contributed by atoms with van der Waals surface area (Å²) in [5, 5.41) is 18.4. The number of carbonyl (C=O) groups excluding carboxylic acids is 3. The van der Waals surface area contributed by atoms with Crippen LogP contribution in [0.2, 0.25) is 0 Å². The van der Waals surface area contributed by atoms with Gasteiger partial charge in [-0.05, 0) is 23.6 Å². The number of benzene rings is 1. The summed E-state index contributed by atoms with van der Waals surface area (Å²) in [4.78, 5) is 37.7. The molecule has 0 bridgehead atoms. The number of nitrogens with zero attached hydrogens (tertiary/aromatic N) is 1. The van der Waals surface area contributed by atoms with E-state index in [0.717, 1.165) is 11.3 Å². The van der Waals surface area contributed by atoms with E-state index in [1.54, 1.807) is 0 Å². The molecule has 3 rings (SSSR count). The molecule has 1 aromatic heterocycles. The van der Waals surface area contributed by atoms with E-state index in [2.05, 4.69) is 10.6 Å². The molecular formula is C19H17F3N4O4S. The van der Waals surface area contributed by atoms with Crippen LogP contribution in [0.25, 0.3) is 0 Å². The van der Waals surface area contributed by atoms with Gasteiger partial charge in [0.05, 0.1) is 11.3 Å². The van der Waals surface area contributed by atoms with Crippen LogP contribution in [0.3, 0.4) is 0 Å². The van der Waals surface area contributed by atoms with Crippen molar-refractivity contribution < 1.29 is 32.7 Å². The monoisotopic (exact) mass is 454 g/mol. The van der Waals surface area contributed by atoms with Crippen molar-refractivity contribution in [2.75, 3.05) is 19.4 Å². The number of aromatic hydroxyl groups is 1. The first-order chi connectivity index (χ1) is 14.5. The summed E-state index contributed by atoms with van der Waals surface area (Å²) in [6, 6.07) is 4.51. The van der Waals surface area contributed by atoms with Crippen LogP contribution >= 0.6 is 11.3 Å². The maximum absolute atomic E-state index is 13.6. The lowest BCUT2D eigenvalue weighted by Gasteiger charge is -2.22. The van der Waals surface area contributed by atoms with E-state index in [9.17, 15) is 32.7 Å². The Morgan fingerprint density at radius 3 is 2.39 bits per heavy atom. The molecule has 4 N–H and O–H groups in total. The third-order valence-electron chi connectivity index (χ3n) is 4.31.